The van der Waals surface area contributed by atoms with Crippen molar-refractivity contribution in [3.8, 4) is 11.4 Å². The van der Waals surface area contributed by atoms with Crippen LogP contribution in [0, 0.1) is 0 Å². The number of methoxy groups -OCH3 is 1. The predicted molar refractivity (Wildman–Crippen MR) is 87.6 cm³/mol. The molecule has 2 aromatic rings. The molecule has 5 heteroatoms. The van der Waals surface area contributed by atoms with Crippen molar-refractivity contribution in [2.45, 2.75) is 6.54 Å². The van der Waals surface area contributed by atoms with Crippen LogP contribution in [0.25, 0.3) is 11.4 Å². The molecule has 1 aliphatic heterocycles. The summed E-state index contributed by atoms with van der Waals surface area (Å²) < 4.78 is 5.14. The molecule has 5 nitrogen and oxygen atoms in total. The zero-order valence-electron chi connectivity index (χ0n) is 13.2. The van der Waals surface area contributed by atoms with Crippen LogP contribution in [0.5, 0.6) is 0 Å². The number of rotatable bonds is 6. The number of piperazine rings is 1. The molecule has 2 heterocycles. The predicted octanol–water partition coefficient (Wildman–Crippen LogP) is 1.84. The average molecular weight is 300 g/mol. The quantitative estimate of drug-likeness (QED) is 0.884. The minimum Gasteiger partial charge on any atom is -0.383 e. The van der Waals surface area contributed by atoms with Gasteiger partial charge in [-0.25, -0.2) is 4.98 Å². The molecule has 1 aromatic carbocycles. The van der Waals surface area contributed by atoms with Gasteiger partial charge in [0.25, 0.3) is 0 Å². The van der Waals surface area contributed by atoms with E-state index in [4.69, 9.17) is 4.74 Å². The molecular weight excluding hydrogens is 276 g/mol. The van der Waals surface area contributed by atoms with Crippen LogP contribution in [0.15, 0.2) is 36.5 Å². The van der Waals surface area contributed by atoms with Gasteiger partial charge in [-0.3, -0.25) is 9.80 Å². The molecule has 0 atom stereocenters. The maximum Gasteiger partial charge on any atom is 0.137 e. The molecule has 1 fully saturated rings. The molecule has 0 saturated carbocycles. The monoisotopic (exact) mass is 300 g/mol. The van der Waals surface area contributed by atoms with Crippen molar-refractivity contribution in [1.82, 2.24) is 19.8 Å². The lowest BCUT2D eigenvalue weighted by Gasteiger charge is -2.34. The highest BCUT2D eigenvalue weighted by Gasteiger charge is 2.17. The molecule has 0 unspecified atom stereocenters. The van der Waals surface area contributed by atoms with E-state index in [9.17, 15) is 0 Å². The van der Waals surface area contributed by atoms with E-state index in [2.05, 4.69) is 31.9 Å². The highest BCUT2D eigenvalue weighted by atomic mass is 16.5. The molecule has 0 bridgehead atoms. The van der Waals surface area contributed by atoms with Crippen LogP contribution in [-0.2, 0) is 11.3 Å². The van der Waals surface area contributed by atoms with Crippen LogP contribution >= 0.6 is 0 Å². The zero-order chi connectivity index (χ0) is 15.2. The molecule has 1 aliphatic rings. The zero-order valence-corrected chi connectivity index (χ0v) is 13.2. The van der Waals surface area contributed by atoms with Crippen LogP contribution in [0.1, 0.15) is 5.69 Å². The number of ether oxygens (including phenoxy) is 1. The molecule has 0 radical (unpaired) electrons. The lowest BCUT2D eigenvalue weighted by atomic mass is 10.2. The van der Waals surface area contributed by atoms with E-state index in [0.29, 0.717) is 0 Å². The van der Waals surface area contributed by atoms with Gasteiger partial charge in [-0.05, 0) is 0 Å². The van der Waals surface area contributed by atoms with Crippen molar-refractivity contribution in [3.63, 3.8) is 0 Å². The smallest absolute Gasteiger partial charge is 0.137 e. The van der Waals surface area contributed by atoms with Gasteiger partial charge in [0.1, 0.15) is 5.82 Å². The lowest BCUT2D eigenvalue weighted by molar-refractivity contribution is 0.0933. The second-order valence-electron chi connectivity index (χ2n) is 5.73. The Labute approximate surface area is 131 Å². The summed E-state index contributed by atoms with van der Waals surface area (Å²) in [6, 6.07) is 10.3. The third kappa shape index (κ3) is 3.94. The maximum absolute atomic E-state index is 5.14. The van der Waals surface area contributed by atoms with Crippen LogP contribution < -0.4 is 0 Å². The summed E-state index contributed by atoms with van der Waals surface area (Å²) in [7, 11) is 1.76. The van der Waals surface area contributed by atoms with Gasteiger partial charge >= 0.3 is 0 Å². The molecular formula is C17H24N4O. The molecule has 0 aliphatic carbocycles. The molecule has 1 saturated heterocycles. The van der Waals surface area contributed by atoms with E-state index >= 15 is 0 Å². The van der Waals surface area contributed by atoms with Gasteiger partial charge in [-0.1, -0.05) is 30.3 Å². The topological polar surface area (TPSA) is 44.4 Å². The second-order valence-corrected chi connectivity index (χ2v) is 5.73. The van der Waals surface area contributed by atoms with E-state index in [0.717, 1.165) is 57.3 Å². The summed E-state index contributed by atoms with van der Waals surface area (Å²) in [5.74, 6) is 0.953. The fourth-order valence-corrected chi connectivity index (χ4v) is 2.81. The Morgan fingerprint density at radius 3 is 2.55 bits per heavy atom. The number of imidazole rings is 1. The van der Waals surface area contributed by atoms with Crippen molar-refractivity contribution in [2.24, 2.45) is 0 Å². The first-order chi connectivity index (χ1) is 10.8. The number of hydrogen-bond donors (Lipinski definition) is 1. The Morgan fingerprint density at radius 2 is 1.82 bits per heavy atom. The van der Waals surface area contributed by atoms with Gasteiger partial charge in [0, 0.05) is 63.8 Å². The number of benzene rings is 1. The van der Waals surface area contributed by atoms with E-state index in [1.54, 1.807) is 7.11 Å². The van der Waals surface area contributed by atoms with Crippen molar-refractivity contribution < 1.29 is 4.74 Å². The third-order valence-electron chi connectivity index (χ3n) is 4.15. The Balaban J connectivity index is 1.51. The third-order valence-corrected chi connectivity index (χ3v) is 4.15. The Bertz CT molecular complexity index is 561. The first kappa shape index (κ1) is 15.2. The number of nitrogens with one attached hydrogen (secondary N) is 1. The van der Waals surface area contributed by atoms with Crippen LogP contribution in [0.2, 0.25) is 0 Å². The first-order valence-corrected chi connectivity index (χ1v) is 7.88. The fraction of sp³-hybridized carbons (Fsp3) is 0.471. The SMILES string of the molecule is COCCN1CCN(Cc2cnc(-c3ccccc3)[nH]2)CC1. The number of aromatic nitrogens is 2. The van der Waals surface area contributed by atoms with Gasteiger partial charge in [-0.2, -0.15) is 0 Å². The highest BCUT2D eigenvalue weighted by Crippen LogP contribution is 2.16. The summed E-state index contributed by atoms with van der Waals surface area (Å²) in [4.78, 5) is 12.9. The van der Waals surface area contributed by atoms with Crippen LogP contribution in [-0.4, -0.2) is 66.2 Å². The van der Waals surface area contributed by atoms with E-state index in [1.165, 1.54) is 5.69 Å². The summed E-state index contributed by atoms with van der Waals surface area (Å²) in [5, 5.41) is 0. The Morgan fingerprint density at radius 1 is 1.09 bits per heavy atom. The van der Waals surface area contributed by atoms with Crippen molar-refractivity contribution >= 4 is 0 Å². The molecule has 0 amide bonds. The Kier molecular flexibility index (Phi) is 5.21. The normalized spacial score (nSPS) is 17.0. The lowest BCUT2D eigenvalue weighted by Crippen LogP contribution is -2.46. The Hall–Kier alpha value is -1.69. The van der Waals surface area contributed by atoms with Crippen molar-refractivity contribution in [2.75, 3.05) is 46.4 Å². The summed E-state index contributed by atoms with van der Waals surface area (Å²) in [6.07, 6.45) is 1.96. The largest absolute Gasteiger partial charge is 0.383 e. The molecule has 0 spiro atoms. The average Bonchev–Trinajstić information content (AvgIpc) is 3.04. The van der Waals surface area contributed by atoms with Crippen LogP contribution in [0.3, 0.4) is 0 Å². The summed E-state index contributed by atoms with van der Waals surface area (Å²) >= 11 is 0. The van der Waals surface area contributed by atoms with Crippen molar-refractivity contribution in [1.29, 1.82) is 0 Å². The first-order valence-electron chi connectivity index (χ1n) is 7.88. The van der Waals surface area contributed by atoms with Gasteiger partial charge in [-0.15, -0.1) is 0 Å². The standard InChI is InChI=1S/C17H24N4O/c1-22-12-11-20-7-9-21(10-8-20)14-16-13-18-17(19-16)15-5-3-2-4-6-15/h2-6,13H,7-12,14H2,1H3,(H,18,19). The maximum atomic E-state index is 5.14. The molecule has 1 N–H and O–H groups in total. The molecule has 22 heavy (non-hydrogen) atoms. The fourth-order valence-electron chi connectivity index (χ4n) is 2.81. The second kappa shape index (κ2) is 7.54. The van der Waals surface area contributed by atoms with E-state index in [1.807, 2.05) is 24.4 Å². The van der Waals surface area contributed by atoms with Crippen molar-refractivity contribution in [3.05, 3.63) is 42.2 Å². The van der Waals surface area contributed by atoms with E-state index in [-0.39, 0.29) is 0 Å². The molecule has 1 aromatic heterocycles. The number of H-pyrrole nitrogens is 1. The number of aromatic amines is 1. The van der Waals surface area contributed by atoms with Gasteiger partial charge in [0.15, 0.2) is 0 Å². The van der Waals surface area contributed by atoms with Gasteiger partial charge in [0.05, 0.1) is 6.61 Å². The van der Waals surface area contributed by atoms with Crippen LogP contribution in [0.4, 0.5) is 0 Å². The van der Waals surface area contributed by atoms with Gasteiger partial charge in [0.2, 0.25) is 0 Å². The summed E-state index contributed by atoms with van der Waals surface area (Å²) in [6.45, 7) is 7.23. The summed E-state index contributed by atoms with van der Waals surface area (Å²) in [5.41, 5.74) is 2.32. The van der Waals surface area contributed by atoms with E-state index < -0.39 is 0 Å². The number of hydrogen-bond acceptors (Lipinski definition) is 4. The molecule has 3 rings (SSSR count). The van der Waals surface area contributed by atoms with Gasteiger partial charge < -0.3 is 9.72 Å². The highest BCUT2D eigenvalue weighted by molar-refractivity contribution is 5.54. The number of nitrogens with zero attached hydrogens (tertiary/aromatic N) is 3. The minimum absolute atomic E-state index is 0.820. The molecule has 118 valence electrons. The minimum atomic E-state index is 0.820.